The molecule has 1 amide bonds. The van der Waals surface area contributed by atoms with Crippen molar-refractivity contribution in [2.45, 2.75) is 13.1 Å². The van der Waals surface area contributed by atoms with Gasteiger partial charge in [-0.2, -0.15) is 0 Å². The normalized spacial score (nSPS) is 13.0. The van der Waals surface area contributed by atoms with Crippen LogP contribution in [0.25, 0.3) is 0 Å². The predicted octanol–water partition coefficient (Wildman–Crippen LogP) is 4.15. The summed E-state index contributed by atoms with van der Waals surface area (Å²) in [6, 6.07) is 16.7. The van der Waals surface area contributed by atoms with Crippen LogP contribution >= 0.6 is 11.6 Å². The van der Waals surface area contributed by atoms with E-state index >= 15 is 0 Å². The van der Waals surface area contributed by atoms with Gasteiger partial charge < -0.3 is 9.47 Å². The van der Waals surface area contributed by atoms with Crippen molar-refractivity contribution in [3.05, 3.63) is 82.6 Å². The Balaban J connectivity index is 1.79. The zero-order valence-electron chi connectivity index (χ0n) is 13.3. The van der Waals surface area contributed by atoms with Crippen molar-refractivity contribution in [1.29, 1.82) is 0 Å². The second kappa shape index (κ2) is 6.27. The van der Waals surface area contributed by atoms with Gasteiger partial charge in [-0.25, -0.2) is 0 Å². The first-order valence-corrected chi connectivity index (χ1v) is 8.28. The number of anilines is 2. The van der Waals surface area contributed by atoms with Crippen molar-refractivity contribution in [3.63, 3.8) is 0 Å². The van der Waals surface area contributed by atoms with Gasteiger partial charge in [0.05, 0.1) is 22.8 Å². The number of nitrogens with one attached hydrogen (secondary N) is 1. The fourth-order valence-electron chi connectivity index (χ4n) is 3.17. The maximum Gasteiger partial charge on any atom is 0.260 e. The minimum Gasteiger partial charge on any atom is -0.345 e. The topological polar surface area (TPSA) is 57.5 Å². The van der Waals surface area contributed by atoms with Crippen LogP contribution in [0.1, 0.15) is 21.6 Å². The summed E-state index contributed by atoms with van der Waals surface area (Å²) in [5.41, 5.74) is 5.90. The number of benzene rings is 2. The van der Waals surface area contributed by atoms with Crippen molar-refractivity contribution in [3.8, 4) is 0 Å². The summed E-state index contributed by atoms with van der Waals surface area (Å²) in [4.78, 5) is 15.0. The Morgan fingerprint density at radius 3 is 2.72 bits per heavy atom. The second-order valence-electron chi connectivity index (χ2n) is 5.95. The van der Waals surface area contributed by atoms with E-state index in [4.69, 9.17) is 16.8 Å². The molecule has 0 aliphatic carbocycles. The first kappa shape index (κ1) is 15.7. The fraction of sp³-hybridized carbons (Fsp3) is 0.105. The molecule has 5 nitrogen and oxygen atoms in total. The van der Waals surface area contributed by atoms with E-state index in [1.54, 1.807) is 17.0 Å². The molecule has 0 bridgehead atoms. The molecule has 2 aromatic carbocycles. The average Bonchev–Trinajstić information content (AvgIpc) is 3.00. The van der Waals surface area contributed by atoms with Gasteiger partial charge in [-0.05, 0) is 42.0 Å². The zero-order valence-corrected chi connectivity index (χ0v) is 14.1. The number of halogens is 1. The van der Waals surface area contributed by atoms with E-state index in [2.05, 4.69) is 4.57 Å². The van der Waals surface area contributed by atoms with Gasteiger partial charge in [-0.1, -0.05) is 29.8 Å². The Hall–Kier alpha value is -2.76. The summed E-state index contributed by atoms with van der Waals surface area (Å²) in [7, 11) is 0. The highest BCUT2D eigenvalue weighted by molar-refractivity contribution is 6.34. The van der Waals surface area contributed by atoms with Crippen LogP contribution in [0.3, 0.4) is 0 Å². The van der Waals surface area contributed by atoms with Crippen LogP contribution in [0, 0.1) is 0 Å². The molecule has 1 aliphatic heterocycles. The molecule has 0 radical (unpaired) electrons. The Labute approximate surface area is 150 Å². The molecule has 2 heterocycles. The Kier molecular flexibility index (Phi) is 3.95. The molecule has 1 aliphatic rings. The minimum absolute atomic E-state index is 0.170. The highest BCUT2D eigenvalue weighted by Gasteiger charge is 2.26. The third-order valence-corrected chi connectivity index (χ3v) is 4.75. The molecule has 1 aromatic heterocycles. The summed E-state index contributed by atoms with van der Waals surface area (Å²) >= 11 is 6.27. The van der Waals surface area contributed by atoms with Crippen LogP contribution in [0.5, 0.6) is 0 Å². The standard InChI is InChI=1S/C19H16ClN3O2/c20-17-10-14(21-25)7-8-16(17)19(24)23-12-15-5-3-9-22(15)11-13-4-1-2-6-18(13)23/h1-10,21,25H,11-12H2. The molecule has 2 N–H and O–H groups in total. The van der Waals surface area contributed by atoms with E-state index in [1.165, 1.54) is 6.07 Å². The molecule has 3 aromatic rings. The molecule has 25 heavy (non-hydrogen) atoms. The number of hydrogen-bond donors (Lipinski definition) is 2. The second-order valence-corrected chi connectivity index (χ2v) is 6.36. The van der Waals surface area contributed by atoms with Gasteiger partial charge in [0.2, 0.25) is 0 Å². The average molecular weight is 354 g/mol. The van der Waals surface area contributed by atoms with Crippen LogP contribution in [-0.4, -0.2) is 15.7 Å². The van der Waals surface area contributed by atoms with Gasteiger partial charge in [-0.15, -0.1) is 0 Å². The van der Waals surface area contributed by atoms with E-state index in [0.29, 0.717) is 22.8 Å². The predicted molar refractivity (Wildman–Crippen MR) is 97.4 cm³/mol. The lowest BCUT2D eigenvalue weighted by atomic mass is 10.1. The number of amides is 1. The highest BCUT2D eigenvalue weighted by atomic mass is 35.5. The van der Waals surface area contributed by atoms with Gasteiger partial charge in [0, 0.05) is 24.1 Å². The highest BCUT2D eigenvalue weighted by Crippen LogP contribution is 2.31. The van der Waals surface area contributed by atoms with Crippen LogP contribution < -0.4 is 10.4 Å². The first-order valence-electron chi connectivity index (χ1n) is 7.91. The van der Waals surface area contributed by atoms with Gasteiger partial charge in [0.25, 0.3) is 5.91 Å². The minimum atomic E-state index is -0.170. The van der Waals surface area contributed by atoms with E-state index < -0.39 is 0 Å². The summed E-state index contributed by atoms with van der Waals surface area (Å²) in [6.45, 7) is 1.20. The SMILES string of the molecule is O=C(c1ccc(NO)cc1Cl)N1Cc2cccn2Cc2ccccc21. The maximum atomic E-state index is 13.2. The number of carbonyl (C=O) groups excluding carboxylic acids is 1. The van der Waals surface area contributed by atoms with Crippen molar-refractivity contribution in [2.24, 2.45) is 0 Å². The molecule has 6 heteroatoms. The summed E-state index contributed by atoms with van der Waals surface area (Å²) in [5, 5.41) is 9.28. The molecule has 4 rings (SSSR count). The zero-order chi connectivity index (χ0) is 17.4. The van der Waals surface area contributed by atoms with Crippen molar-refractivity contribution in [1.82, 2.24) is 4.57 Å². The number of fused-ring (bicyclic) bond motifs is 2. The molecule has 0 spiro atoms. The van der Waals surface area contributed by atoms with Crippen LogP contribution in [0.4, 0.5) is 11.4 Å². The lowest BCUT2D eigenvalue weighted by molar-refractivity contribution is 0.0985. The number of nitrogens with zero attached hydrogens (tertiary/aromatic N) is 2. The number of para-hydroxylation sites is 1. The van der Waals surface area contributed by atoms with E-state index in [0.717, 1.165) is 23.5 Å². The van der Waals surface area contributed by atoms with Crippen LogP contribution in [0.2, 0.25) is 5.02 Å². The van der Waals surface area contributed by atoms with Gasteiger partial charge in [0.1, 0.15) is 0 Å². The van der Waals surface area contributed by atoms with E-state index in [-0.39, 0.29) is 5.91 Å². The van der Waals surface area contributed by atoms with Gasteiger partial charge >= 0.3 is 0 Å². The number of hydrogen-bond acceptors (Lipinski definition) is 3. The van der Waals surface area contributed by atoms with Crippen molar-refractivity contribution >= 4 is 28.9 Å². The van der Waals surface area contributed by atoms with Gasteiger partial charge in [0.15, 0.2) is 0 Å². The number of carbonyl (C=O) groups is 1. The molecule has 0 atom stereocenters. The Morgan fingerprint density at radius 2 is 1.92 bits per heavy atom. The maximum absolute atomic E-state index is 13.2. The quantitative estimate of drug-likeness (QED) is 0.680. The first-order chi connectivity index (χ1) is 12.2. The third kappa shape index (κ3) is 2.77. The lowest BCUT2D eigenvalue weighted by Crippen LogP contribution is -2.30. The monoisotopic (exact) mass is 353 g/mol. The summed E-state index contributed by atoms with van der Waals surface area (Å²) in [6.07, 6.45) is 2.02. The molecule has 0 saturated heterocycles. The molecular weight excluding hydrogens is 338 g/mol. The molecule has 0 unspecified atom stereocenters. The van der Waals surface area contributed by atoms with Crippen LogP contribution in [-0.2, 0) is 13.1 Å². The van der Waals surface area contributed by atoms with Crippen LogP contribution in [0.15, 0.2) is 60.8 Å². The largest absolute Gasteiger partial charge is 0.345 e. The molecular formula is C19H16ClN3O2. The smallest absolute Gasteiger partial charge is 0.260 e. The molecule has 0 fully saturated rings. The fourth-order valence-corrected chi connectivity index (χ4v) is 3.43. The number of aromatic nitrogens is 1. The van der Waals surface area contributed by atoms with Gasteiger partial charge in [-0.3, -0.25) is 15.5 Å². The van der Waals surface area contributed by atoms with E-state index in [9.17, 15) is 4.79 Å². The Bertz CT molecular complexity index is 951. The number of rotatable bonds is 2. The summed E-state index contributed by atoms with van der Waals surface area (Å²) < 4.78 is 2.15. The third-order valence-electron chi connectivity index (χ3n) is 4.44. The lowest BCUT2D eigenvalue weighted by Gasteiger charge is -2.23. The molecule has 0 saturated carbocycles. The van der Waals surface area contributed by atoms with E-state index in [1.807, 2.05) is 48.1 Å². The summed E-state index contributed by atoms with van der Waals surface area (Å²) in [5.74, 6) is -0.170. The van der Waals surface area contributed by atoms with Crippen molar-refractivity contribution in [2.75, 3.05) is 10.4 Å². The molecule has 126 valence electrons. The Morgan fingerprint density at radius 1 is 1.08 bits per heavy atom. The van der Waals surface area contributed by atoms with Crippen molar-refractivity contribution < 1.29 is 10.0 Å².